The minimum atomic E-state index is 0.162. The van der Waals surface area contributed by atoms with E-state index in [1.54, 1.807) is 0 Å². The standard InChI is InChI=1S/C18H29N3O/c1-4-5-6-12-21(13-10-19-11-14-21)18(22)20-17-15(2)8-7-9-16(17)3/h7-9,19H,4-6,10-14H2,1-3H3/p+1. The van der Waals surface area contributed by atoms with Crippen LogP contribution >= 0.6 is 0 Å². The Morgan fingerprint density at radius 1 is 1.18 bits per heavy atom. The van der Waals surface area contributed by atoms with Crippen LogP contribution in [0.3, 0.4) is 0 Å². The molecule has 1 aliphatic heterocycles. The Labute approximate surface area is 134 Å². The third kappa shape index (κ3) is 3.87. The van der Waals surface area contributed by atoms with Crippen molar-refractivity contribution in [2.45, 2.75) is 40.0 Å². The van der Waals surface area contributed by atoms with Crippen LogP contribution in [0.2, 0.25) is 0 Å². The molecule has 2 rings (SSSR count). The van der Waals surface area contributed by atoms with E-state index in [1.807, 2.05) is 6.07 Å². The zero-order valence-corrected chi connectivity index (χ0v) is 14.2. The molecule has 0 radical (unpaired) electrons. The number of quaternary nitrogens is 1. The number of anilines is 1. The van der Waals surface area contributed by atoms with Gasteiger partial charge in [0, 0.05) is 13.1 Å². The van der Waals surface area contributed by atoms with Crippen molar-refractivity contribution in [1.82, 2.24) is 5.32 Å². The molecule has 0 aliphatic carbocycles. The van der Waals surface area contributed by atoms with Crippen molar-refractivity contribution in [3.63, 3.8) is 0 Å². The molecule has 2 amide bonds. The number of carbonyl (C=O) groups excluding carboxylic acids is 1. The second kappa shape index (κ2) is 7.75. The Morgan fingerprint density at radius 3 is 2.41 bits per heavy atom. The van der Waals surface area contributed by atoms with Gasteiger partial charge in [-0.05, 0) is 37.8 Å². The minimum absolute atomic E-state index is 0.162. The molecule has 1 aromatic carbocycles. The SMILES string of the molecule is CCCCC[N+]1(C(=O)Nc2c(C)cccc2C)CCNCC1. The van der Waals surface area contributed by atoms with Crippen LogP contribution in [0.25, 0.3) is 0 Å². The molecular formula is C18H30N3O+. The maximum atomic E-state index is 13.0. The first-order valence-corrected chi connectivity index (χ1v) is 8.53. The van der Waals surface area contributed by atoms with E-state index in [2.05, 4.69) is 43.5 Å². The monoisotopic (exact) mass is 304 g/mol. The summed E-state index contributed by atoms with van der Waals surface area (Å²) >= 11 is 0. The van der Waals surface area contributed by atoms with Gasteiger partial charge in [-0.3, -0.25) is 5.32 Å². The third-order valence-electron chi connectivity index (χ3n) is 4.77. The number of urea groups is 1. The van der Waals surface area contributed by atoms with E-state index in [9.17, 15) is 4.79 Å². The van der Waals surface area contributed by atoms with Crippen LogP contribution in [0.4, 0.5) is 10.5 Å². The number of benzene rings is 1. The van der Waals surface area contributed by atoms with Crippen LogP contribution in [-0.4, -0.2) is 43.2 Å². The molecular weight excluding hydrogens is 274 g/mol. The van der Waals surface area contributed by atoms with Crippen molar-refractivity contribution in [1.29, 1.82) is 0 Å². The number of piperazine rings is 1. The van der Waals surface area contributed by atoms with Gasteiger partial charge in [0.15, 0.2) is 0 Å². The molecule has 1 aliphatic rings. The second-order valence-electron chi connectivity index (χ2n) is 6.47. The average Bonchev–Trinajstić information content (AvgIpc) is 2.52. The molecule has 0 atom stereocenters. The predicted molar refractivity (Wildman–Crippen MR) is 92.2 cm³/mol. The number of hydrogen-bond acceptors (Lipinski definition) is 2. The number of nitrogens with zero attached hydrogens (tertiary/aromatic N) is 1. The van der Waals surface area contributed by atoms with Gasteiger partial charge in [-0.25, -0.2) is 9.28 Å². The smallest absolute Gasteiger partial charge is 0.306 e. The van der Waals surface area contributed by atoms with Crippen LogP contribution < -0.4 is 10.6 Å². The zero-order valence-electron chi connectivity index (χ0n) is 14.2. The van der Waals surface area contributed by atoms with Gasteiger partial charge in [-0.2, -0.15) is 0 Å². The van der Waals surface area contributed by atoms with E-state index in [-0.39, 0.29) is 6.03 Å². The number of para-hydroxylation sites is 1. The van der Waals surface area contributed by atoms with E-state index >= 15 is 0 Å². The number of hydrogen-bond donors (Lipinski definition) is 2. The van der Waals surface area contributed by atoms with Gasteiger partial charge < -0.3 is 5.32 Å². The lowest BCUT2D eigenvalue weighted by Crippen LogP contribution is -2.63. The third-order valence-corrected chi connectivity index (χ3v) is 4.77. The van der Waals surface area contributed by atoms with Gasteiger partial charge in [0.2, 0.25) is 0 Å². The summed E-state index contributed by atoms with van der Waals surface area (Å²) in [7, 11) is 0. The fourth-order valence-corrected chi connectivity index (χ4v) is 3.25. The van der Waals surface area contributed by atoms with Crippen LogP contribution in [0.15, 0.2) is 18.2 Å². The molecule has 4 nitrogen and oxygen atoms in total. The number of aryl methyl sites for hydroxylation is 2. The van der Waals surface area contributed by atoms with Crippen LogP contribution in [0.1, 0.15) is 37.3 Å². The largest absolute Gasteiger partial charge is 0.421 e. The molecule has 1 heterocycles. The summed E-state index contributed by atoms with van der Waals surface area (Å²) < 4.78 is 0.570. The summed E-state index contributed by atoms with van der Waals surface area (Å²) in [6, 6.07) is 6.32. The quantitative estimate of drug-likeness (QED) is 0.646. The van der Waals surface area contributed by atoms with Gasteiger partial charge in [-0.15, -0.1) is 0 Å². The minimum Gasteiger partial charge on any atom is -0.306 e. The van der Waals surface area contributed by atoms with Gasteiger partial charge in [-0.1, -0.05) is 31.5 Å². The van der Waals surface area contributed by atoms with Crippen molar-refractivity contribution in [3.8, 4) is 0 Å². The van der Waals surface area contributed by atoms with Gasteiger partial charge in [0.05, 0.1) is 25.3 Å². The number of unbranched alkanes of at least 4 members (excludes halogenated alkanes) is 2. The average molecular weight is 304 g/mol. The maximum absolute atomic E-state index is 13.0. The Bertz CT molecular complexity index is 487. The van der Waals surface area contributed by atoms with E-state index in [4.69, 9.17) is 0 Å². The first kappa shape index (κ1) is 17.0. The fourth-order valence-electron chi connectivity index (χ4n) is 3.25. The van der Waals surface area contributed by atoms with Crippen molar-refractivity contribution >= 4 is 11.7 Å². The summed E-state index contributed by atoms with van der Waals surface area (Å²) in [5, 5.41) is 6.60. The summed E-state index contributed by atoms with van der Waals surface area (Å²) in [6.45, 7) is 10.9. The van der Waals surface area contributed by atoms with Crippen molar-refractivity contribution in [2.24, 2.45) is 0 Å². The highest BCUT2D eigenvalue weighted by Gasteiger charge is 2.38. The highest BCUT2D eigenvalue weighted by atomic mass is 16.2. The molecule has 1 fully saturated rings. The zero-order chi connectivity index (χ0) is 16.0. The van der Waals surface area contributed by atoms with E-state index < -0.39 is 0 Å². The Hall–Kier alpha value is -1.39. The van der Waals surface area contributed by atoms with E-state index in [0.717, 1.165) is 56.0 Å². The highest BCUT2D eigenvalue weighted by Crippen LogP contribution is 2.22. The lowest BCUT2D eigenvalue weighted by atomic mass is 10.1. The van der Waals surface area contributed by atoms with Crippen LogP contribution in [0, 0.1) is 13.8 Å². The van der Waals surface area contributed by atoms with Crippen molar-refractivity contribution < 1.29 is 9.28 Å². The second-order valence-corrected chi connectivity index (χ2v) is 6.47. The van der Waals surface area contributed by atoms with Crippen LogP contribution in [-0.2, 0) is 0 Å². The molecule has 0 aromatic heterocycles. The number of carbonyl (C=O) groups is 1. The summed E-state index contributed by atoms with van der Waals surface area (Å²) in [6.07, 6.45) is 3.51. The lowest BCUT2D eigenvalue weighted by Gasteiger charge is -2.39. The van der Waals surface area contributed by atoms with Gasteiger partial charge in [0.25, 0.3) is 0 Å². The molecule has 0 spiro atoms. The number of nitrogens with one attached hydrogen (secondary N) is 2. The summed E-state index contributed by atoms with van der Waals surface area (Å²) in [4.78, 5) is 13.0. The molecule has 0 unspecified atom stereocenters. The van der Waals surface area contributed by atoms with E-state index in [0.29, 0.717) is 4.48 Å². The Kier molecular flexibility index (Phi) is 5.98. The molecule has 122 valence electrons. The molecule has 1 aromatic rings. The predicted octanol–water partition coefficient (Wildman–Crippen LogP) is 3.45. The summed E-state index contributed by atoms with van der Waals surface area (Å²) in [5.74, 6) is 0. The molecule has 0 bridgehead atoms. The Morgan fingerprint density at radius 2 is 1.82 bits per heavy atom. The fraction of sp³-hybridized carbons (Fsp3) is 0.611. The molecule has 22 heavy (non-hydrogen) atoms. The Balaban J connectivity index is 2.14. The van der Waals surface area contributed by atoms with E-state index in [1.165, 1.54) is 12.8 Å². The molecule has 0 saturated carbocycles. The topological polar surface area (TPSA) is 41.1 Å². The van der Waals surface area contributed by atoms with Crippen molar-refractivity contribution in [2.75, 3.05) is 38.0 Å². The number of rotatable bonds is 5. The summed E-state index contributed by atoms with van der Waals surface area (Å²) in [5.41, 5.74) is 3.25. The van der Waals surface area contributed by atoms with Crippen molar-refractivity contribution in [3.05, 3.63) is 29.3 Å². The maximum Gasteiger partial charge on any atom is 0.421 e. The normalized spacial score (nSPS) is 17.2. The number of amides is 2. The first-order chi connectivity index (χ1) is 10.6. The van der Waals surface area contributed by atoms with Gasteiger partial charge >= 0.3 is 6.03 Å². The molecule has 4 heteroatoms. The molecule has 1 saturated heterocycles. The lowest BCUT2D eigenvalue weighted by molar-refractivity contribution is -0.850. The molecule has 2 N–H and O–H groups in total. The van der Waals surface area contributed by atoms with Crippen LogP contribution in [0.5, 0.6) is 0 Å². The van der Waals surface area contributed by atoms with Gasteiger partial charge in [0.1, 0.15) is 0 Å². The highest BCUT2D eigenvalue weighted by molar-refractivity contribution is 5.86. The first-order valence-electron chi connectivity index (χ1n) is 8.53.